The van der Waals surface area contributed by atoms with Crippen LogP contribution in [0.5, 0.6) is 28.7 Å². The van der Waals surface area contributed by atoms with Crippen LogP contribution < -0.4 is 23.7 Å². The van der Waals surface area contributed by atoms with Gasteiger partial charge in [-0.3, -0.25) is 0 Å². The fourth-order valence-corrected chi connectivity index (χ4v) is 3.50. The van der Waals surface area contributed by atoms with Crippen LogP contribution in [0.15, 0.2) is 30.3 Å². The molecule has 2 aromatic rings. The number of aliphatic hydroxyl groups is 1. The first-order valence-corrected chi connectivity index (χ1v) is 8.12. The van der Waals surface area contributed by atoms with Crippen molar-refractivity contribution in [3.63, 3.8) is 0 Å². The Hall–Kier alpha value is -2.60. The van der Waals surface area contributed by atoms with Crippen LogP contribution in [-0.2, 0) is 0 Å². The molecule has 0 radical (unpaired) electrons. The number of methoxy groups -OCH3 is 2. The van der Waals surface area contributed by atoms with Crippen LogP contribution in [0.25, 0.3) is 0 Å². The van der Waals surface area contributed by atoms with Crippen LogP contribution in [-0.4, -0.2) is 32.4 Å². The standard InChI is InChI=1S/C19H20O6/c1-10-18(12-5-4-11(21-2)6-14(12)22-3)13-7-16-17(24-9-23-16)8-15(13)25-19(10)20/h4-8,10,18-20H,9H2,1-3H3/t10-,18+,19+/m1/s1. The van der Waals surface area contributed by atoms with Gasteiger partial charge in [0.2, 0.25) is 13.1 Å². The van der Waals surface area contributed by atoms with E-state index in [4.69, 9.17) is 23.7 Å². The lowest BCUT2D eigenvalue weighted by molar-refractivity contribution is -0.0730. The molecule has 4 rings (SSSR count). The number of hydrogen-bond donors (Lipinski definition) is 1. The van der Waals surface area contributed by atoms with E-state index in [1.54, 1.807) is 20.3 Å². The highest BCUT2D eigenvalue weighted by atomic mass is 16.7. The molecule has 132 valence electrons. The van der Waals surface area contributed by atoms with Gasteiger partial charge in [0.25, 0.3) is 0 Å². The third-order valence-corrected chi connectivity index (χ3v) is 4.84. The highest BCUT2D eigenvalue weighted by Gasteiger charge is 2.38. The van der Waals surface area contributed by atoms with Crippen molar-refractivity contribution >= 4 is 0 Å². The predicted molar refractivity (Wildman–Crippen MR) is 89.8 cm³/mol. The molecule has 2 aliphatic rings. The second-order valence-electron chi connectivity index (χ2n) is 6.20. The summed E-state index contributed by atoms with van der Waals surface area (Å²) in [5.74, 6) is 3.03. The van der Waals surface area contributed by atoms with Gasteiger partial charge in [0.1, 0.15) is 17.2 Å². The molecule has 1 N–H and O–H groups in total. The Morgan fingerprint density at radius 2 is 1.72 bits per heavy atom. The average Bonchev–Trinajstić information content (AvgIpc) is 3.08. The van der Waals surface area contributed by atoms with Crippen molar-refractivity contribution in [2.45, 2.75) is 19.1 Å². The summed E-state index contributed by atoms with van der Waals surface area (Å²) in [5, 5.41) is 10.4. The average molecular weight is 344 g/mol. The Morgan fingerprint density at radius 3 is 2.44 bits per heavy atom. The zero-order valence-electron chi connectivity index (χ0n) is 14.3. The van der Waals surface area contributed by atoms with E-state index in [9.17, 15) is 5.11 Å². The van der Waals surface area contributed by atoms with Gasteiger partial charge < -0.3 is 28.8 Å². The molecule has 0 saturated heterocycles. The predicted octanol–water partition coefficient (Wildman–Crippen LogP) is 2.91. The van der Waals surface area contributed by atoms with E-state index in [1.165, 1.54) is 0 Å². The molecule has 0 bridgehead atoms. The molecule has 2 aliphatic heterocycles. The molecule has 0 saturated carbocycles. The molecule has 0 aliphatic carbocycles. The highest BCUT2D eigenvalue weighted by molar-refractivity contribution is 5.58. The van der Waals surface area contributed by atoms with Gasteiger partial charge >= 0.3 is 0 Å². The van der Waals surface area contributed by atoms with Crippen molar-refractivity contribution in [1.29, 1.82) is 0 Å². The third-order valence-electron chi connectivity index (χ3n) is 4.84. The summed E-state index contributed by atoms with van der Waals surface area (Å²) in [7, 11) is 3.24. The van der Waals surface area contributed by atoms with Crippen molar-refractivity contribution in [2.75, 3.05) is 21.0 Å². The van der Waals surface area contributed by atoms with Gasteiger partial charge in [0, 0.05) is 35.1 Å². The van der Waals surface area contributed by atoms with Gasteiger partial charge in [-0.25, -0.2) is 0 Å². The second kappa shape index (κ2) is 6.04. The summed E-state index contributed by atoms with van der Waals surface area (Å²) < 4.78 is 27.5. The molecule has 3 atom stereocenters. The number of rotatable bonds is 3. The van der Waals surface area contributed by atoms with Gasteiger partial charge in [-0.15, -0.1) is 0 Å². The molecule has 0 aromatic heterocycles. The largest absolute Gasteiger partial charge is 0.497 e. The zero-order chi connectivity index (χ0) is 17.6. The Bertz CT molecular complexity index is 803. The molecule has 0 amide bonds. The molecule has 0 unspecified atom stereocenters. The summed E-state index contributed by atoms with van der Waals surface area (Å²) in [6.45, 7) is 2.14. The van der Waals surface area contributed by atoms with Crippen LogP contribution in [0.4, 0.5) is 0 Å². The van der Waals surface area contributed by atoms with Gasteiger partial charge in [-0.2, -0.15) is 0 Å². The van der Waals surface area contributed by atoms with E-state index < -0.39 is 6.29 Å². The molecule has 25 heavy (non-hydrogen) atoms. The van der Waals surface area contributed by atoms with Crippen LogP contribution in [0.1, 0.15) is 24.0 Å². The van der Waals surface area contributed by atoms with Gasteiger partial charge in [0.15, 0.2) is 11.5 Å². The van der Waals surface area contributed by atoms with Crippen LogP contribution in [0, 0.1) is 5.92 Å². The van der Waals surface area contributed by atoms with Crippen molar-refractivity contribution < 1.29 is 28.8 Å². The maximum atomic E-state index is 10.4. The van der Waals surface area contributed by atoms with Crippen molar-refractivity contribution in [3.8, 4) is 28.7 Å². The SMILES string of the molecule is COc1ccc([C@H]2c3cc4c(cc3O[C@H](O)[C@@H]2C)OCO4)c(OC)c1. The summed E-state index contributed by atoms with van der Waals surface area (Å²) in [6, 6.07) is 9.39. The second-order valence-corrected chi connectivity index (χ2v) is 6.20. The lowest BCUT2D eigenvalue weighted by Crippen LogP contribution is -2.34. The van der Waals surface area contributed by atoms with Crippen LogP contribution >= 0.6 is 0 Å². The smallest absolute Gasteiger partial charge is 0.231 e. The number of aliphatic hydroxyl groups excluding tert-OH is 1. The maximum absolute atomic E-state index is 10.4. The van der Waals surface area contributed by atoms with E-state index in [0.29, 0.717) is 28.7 Å². The molecular weight excluding hydrogens is 324 g/mol. The minimum Gasteiger partial charge on any atom is -0.497 e. The van der Waals surface area contributed by atoms with Gasteiger partial charge in [-0.05, 0) is 12.1 Å². The summed E-state index contributed by atoms with van der Waals surface area (Å²) in [4.78, 5) is 0. The Labute approximate surface area is 145 Å². The minimum absolute atomic E-state index is 0.117. The fourth-order valence-electron chi connectivity index (χ4n) is 3.50. The monoisotopic (exact) mass is 344 g/mol. The Morgan fingerprint density at radius 1 is 0.960 bits per heavy atom. The van der Waals surface area contributed by atoms with Crippen molar-refractivity contribution in [1.82, 2.24) is 0 Å². The fraction of sp³-hybridized carbons (Fsp3) is 0.368. The van der Waals surface area contributed by atoms with Crippen molar-refractivity contribution in [3.05, 3.63) is 41.5 Å². The lowest BCUT2D eigenvalue weighted by atomic mass is 9.78. The number of hydrogen-bond acceptors (Lipinski definition) is 6. The molecule has 0 fully saturated rings. The molecular formula is C19H20O6. The first-order chi connectivity index (χ1) is 12.1. The maximum Gasteiger partial charge on any atom is 0.231 e. The quantitative estimate of drug-likeness (QED) is 0.923. The topological polar surface area (TPSA) is 66.4 Å². The van der Waals surface area contributed by atoms with E-state index in [2.05, 4.69) is 0 Å². The summed E-state index contributed by atoms with van der Waals surface area (Å²) >= 11 is 0. The first-order valence-electron chi connectivity index (χ1n) is 8.12. The third kappa shape index (κ3) is 2.53. The van der Waals surface area contributed by atoms with Gasteiger partial charge in [-0.1, -0.05) is 13.0 Å². The molecule has 0 spiro atoms. The normalized spacial score (nSPS) is 23.6. The molecule has 2 heterocycles. The Balaban J connectivity index is 1.87. The highest BCUT2D eigenvalue weighted by Crippen LogP contribution is 2.50. The Kier molecular flexibility index (Phi) is 3.84. The summed E-state index contributed by atoms with van der Waals surface area (Å²) in [5.41, 5.74) is 1.89. The lowest BCUT2D eigenvalue weighted by Gasteiger charge is -2.36. The van der Waals surface area contributed by atoms with E-state index in [1.807, 2.05) is 31.2 Å². The van der Waals surface area contributed by atoms with Crippen LogP contribution in [0.2, 0.25) is 0 Å². The van der Waals surface area contributed by atoms with Gasteiger partial charge in [0.05, 0.1) is 14.2 Å². The molecule has 6 nitrogen and oxygen atoms in total. The number of benzene rings is 2. The number of fused-ring (bicyclic) bond motifs is 2. The van der Waals surface area contributed by atoms with E-state index in [-0.39, 0.29) is 18.6 Å². The minimum atomic E-state index is -0.926. The van der Waals surface area contributed by atoms with Crippen LogP contribution in [0.3, 0.4) is 0 Å². The molecule has 2 aromatic carbocycles. The first kappa shape index (κ1) is 15.9. The number of ether oxygens (including phenoxy) is 5. The molecule has 6 heteroatoms. The summed E-state index contributed by atoms with van der Waals surface area (Å²) in [6.07, 6.45) is -0.926. The van der Waals surface area contributed by atoms with Crippen molar-refractivity contribution in [2.24, 2.45) is 5.92 Å². The zero-order valence-corrected chi connectivity index (χ0v) is 14.3. The van der Waals surface area contributed by atoms with E-state index in [0.717, 1.165) is 11.1 Å². The van der Waals surface area contributed by atoms with E-state index >= 15 is 0 Å².